The quantitative estimate of drug-likeness (QED) is 0.284. The first-order valence-corrected chi connectivity index (χ1v) is 17.1. The predicted octanol–water partition coefficient (Wildman–Crippen LogP) is 5.49. The molecule has 10 heteroatoms. The number of carbonyl (C=O) groups is 1. The Morgan fingerprint density at radius 2 is 1.83 bits per heavy atom. The SMILES string of the molecule is CN(C)c1ccc(-c2cn(CC(=O)C3(O)CCC4C5CCC6=Cc7c(cnn7-c7ccc(F)cc7)CC6(C)C5[C@@H](O)CC43C)nn2)cc1. The summed E-state index contributed by atoms with van der Waals surface area (Å²) < 4.78 is 17.0. The van der Waals surface area contributed by atoms with Crippen LogP contribution in [0.25, 0.3) is 23.0 Å². The summed E-state index contributed by atoms with van der Waals surface area (Å²) in [6.45, 7) is 4.24. The van der Waals surface area contributed by atoms with E-state index in [1.807, 2.05) is 61.1 Å². The number of halogens is 1. The maximum absolute atomic E-state index is 14.0. The summed E-state index contributed by atoms with van der Waals surface area (Å²) in [5, 5.41) is 37.5. The van der Waals surface area contributed by atoms with Crippen molar-refractivity contribution in [2.45, 2.75) is 70.6 Å². The molecule has 4 aromatic rings. The van der Waals surface area contributed by atoms with E-state index in [9.17, 15) is 19.4 Å². The number of aliphatic hydroxyl groups excluding tert-OH is 1. The summed E-state index contributed by atoms with van der Waals surface area (Å²) in [6.07, 6.45) is 9.27. The molecule has 3 fully saturated rings. The van der Waals surface area contributed by atoms with E-state index < -0.39 is 17.1 Å². The molecule has 0 aliphatic heterocycles. The van der Waals surface area contributed by atoms with Gasteiger partial charge in [0.2, 0.25) is 0 Å². The van der Waals surface area contributed by atoms with Gasteiger partial charge in [-0.25, -0.2) is 13.8 Å². The van der Waals surface area contributed by atoms with Crippen molar-refractivity contribution in [2.24, 2.45) is 28.6 Å². The minimum absolute atomic E-state index is 0.00658. The van der Waals surface area contributed by atoms with Crippen molar-refractivity contribution in [1.82, 2.24) is 24.8 Å². The van der Waals surface area contributed by atoms with Crippen molar-refractivity contribution >= 4 is 17.5 Å². The molecule has 250 valence electrons. The molecule has 0 bridgehead atoms. The van der Waals surface area contributed by atoms with Crippen LogP contribution < -0.4 is 4.90 Å². The lowest BCUT2D eigenvalue weighted by molar-refractivity contribution is -0.180. The lowest BCUT2D eigenvalue weighted by atomic mass is 9.45. The van der Waals surface area contributed by atoms with Gasteiger partial charge >= 0.3 is 0 Å². The van der Waals surface area contributed by atoms with Crippen LogP contribution in [0.15, 0.2) is 66.5 Å². The van der Waals surface area contributed by atoms with Crippen LogP contribution in [0.3, 0.4) is 0 Å². The van der Waals surface area contributed by atoms with E-state index in [4.69, 9.17) is 0 Å². The molecule has 2 aromatic carbocycles. The van der Waals surface area contributed by atoms with Crippen molar-refractivity contribution < 1.29 is 19.4 Å². The van der Waals surface area contributed by atoms with Crippen molar-refractivity contribution in [1.29, 1.82) is 0 Å². The van der Waals surface area contributed by atoms with Gasteiger partial charge in [-0.05, 0) is 110 Å². The van der Waals surface area contributed by atoms with E-state index in [2.05, 4.69) is 28.4 Å². The Kier molecular flexibility index (Phi) is 7.09. The molecular formula is C38H43FN6O3. The van der Waals surface area contributed by atoms with Gasteiger partial charge in [-0.3, -0.25) is 4.79 Å². The highest BCUT2D eigenvalue weighted by Crippen LogP contribution is 2.67. The Labute approximate surface area is 280 Å². The van der Waals surface area contributed by atoms with Crippen LogP contribution in [0.1, 0.15) is 57.2 Å². The number of anilines is 1. The fourth-order valence-electron chi connectivity index (χ4n) is 10.2. The zero-order valence-corrected chi connectivity index (χ0v) is 28.0. The van der Waals surface area contributed by atoms with Crippen LogP contribution in [0.5, 0.6) is 0 Å². The van der Waals surface area contributed by atoms with Crippen LogP contribution >= 0.6 is 0 Å². The van der Waals surface area contributed by atoms with Crippen LogP contribution in [0, 0.1) is 34.4 Å². The standard InChI is InChI=1S/C38H43FN6O3/c1-36-18-24-20-40-45(28-12-8-26(39)9-13-28)32(24)17-25(36)7-14-29-30-15-16-38(48,37(30,2)19-33(46)35(29)36)34(47)22-44-21-31(41-42-44)23-5-10-27(11-6-23)43(3)4/h5-6,8-13,17,20-21,29-30,33,35,46,48H,7,14-16,18-19,22H2,1-4H3/t29?,30?,33-,35?,36?,37?,38?/m0/s1. The van der Waals surface area contributed by atoms with E-state index in [0.29, 0.717) is 18.5 Å². The van der Waals surface area contributed by atoms with Gasteiger partial charge in [-0.1, -0.05) is 36.8 Å². The summed E-state index contributed by atoms with van der Waals surface area (Å²) in [6, 6.07) is 14.4. The average Bonchev–Trinajstić information content (AvgIpc) is 3.76. The van der Waals surface area contributed by atoms with E-state index in [1.165, 1.54) is 22.4 Å². The molecule has 0 saturated heterocycles. The summed E-state index contributed by atoms with van der Waals surface area (Å²) >= 11 is 0. The first-order chi connectivity index (χ1) is 22.9. The first kappa shape index (κ1) is 31.1. The topological polar surface area (TPSA) is 109 Å². The van der Waals surface area contributed by atoms with Gasteiger partial charge in [0.05, 0.1) is 29.9 Å². The molecule has 6 unspecified atom stereocenters. The minimum atomic E-state index is -1.56. The number of hydrogen-bond acceptors (Lipinski definition) is 7. The Balaban J connectivity index is 1.03. The monoisotopic (exact) mass is 650 g/mol. The number of aliphatic hydroxyl groups is 2. The number of benzene rings is 2. The van der Waals surface area contributed by atoms with Crippen molar-refractivity contribution in [3.05, 3.63) is 83.6 Å². The maximum atomic E-state index is 14.0. The number of fused-ring (bicyclic) bond motifs is 6. The summed E-state index contributed by atoms with van der Waals surface area (Å²) in [4.78, 5) is 16.1. The lowest BCUT2D eigenvalue weighted by Gasteiger charge is -2.60. The van der Waals surface area contributed by atoms with E-state index >= 15 is 0 Å². The third-order valence-corrected chi connectivity index (χ3v) is 12.6. The largest absolute Gasteiger partial charge is 0.393 e. The smallest absolute Gasteiger partial charge is 0.186 e. The predicted molar refractivity (Wildman–Crippen MR) is 181 cm³/mol. The molecule has 7 atom stereocenters. The van der Waals surface area contributed by atoms with Gasteiger partial charge in [-0.15, -0.1) is 5.10 Å². The molecule has 4 aliphatic rings. The van der Waals surface area contributed by atoms with Crippen LogP contribution in [-0.4, -0.2) is 66.6 Å². The number of rotatable bonds is 6. The molecule has 4 aliphatic carbocycles. The molecular weight excluding hydrogens is 607 g/mol. The zero-order chi connectivity index (χ0) is 33.6. The Morgan fingerprint density at radius 1 is 1.08 bits per heavy atom. The van der Waals surface area contributed by atoms with E-state index in [-0.39, 0.29) is 41.3 Å². The molecule has 0 radical (unpaired) electrons. The molecule has 2 heterocycles. The normalized spacial score (nSPS) is 32.1. The van der Waals surface area contributed by atoms with Crippen molar-refractivity contribution in [3.63, 3.8) is 0 Å². The molecule has 2 N–H and O–H groups in total. The zero-order valence-electron chi connectivity index (χ0n) is 28.0. The third kappa shape index (κ3) is 4.55. The molecule has 0 spiro atoms. The molecule has 8 rings (SSSR count). The second-order valence-corrected chi connectivity index (χ2v) is 15.3. The number of allylic oxidation sites excluding steroid dienone is 1. The Bertz CT molecular complexity index is 1910. The van der Waals surface area contributed by atoms with E-state index in [1.54, 1.807) is 18.3 Å². The fourth-order valence-corrected chi connectivity index (χ4v) is 10.2. The number of nitrogens with zero attached hydrogens (tertiary/aromatic N) is 6. The first-order valence-electron chi connectivity index (χ1n) is 17.1. The lowest BCUT2D eigenvalue weighted by Crippen LogP contribution is -2.62. The number of ketones is 1. The number of aromatic nitrogens is 5. The van der Waals surface area contributed by atoms with Crippen molar-refractivity contribution in [2.75, 3.05) is 19.0 Å². The number of hydrogen-bond donors (Lipinski definition) is 2. The number of Topliss-reactive ketones (excluding diaryl/α,β-unsaturated/α-hetero) is 1. The van der Waals surface area contributed by atoms with Gasteiger partial charge < -0.3 is 15.1 Å². The van der Waals surface area contributed by atoms with Gasteiger partial charge in [-0.2, -0.15) is 5.10 Å². The Morgan fingerprint density at radius 3 is 2.56 bits per heavy atom. The summed E-state index contributed by atoms with van der Waals surface area (Å²) in [7, 11) is 3.98. The van der Waals surface area contributed by atoms with Crippen molar-refractivity contribution in [3.8, 4) is 16.9 Å². The van der Waals surface area contributed by atoms with Gasteiger partial charge in [0.1, 0.15) is 23.7 Å². The highest BCUT2D eigenvalue weighted by Gasteiger charge is 2.68. The molecule has 9 nitrogen and oxygen atoms in total. The van der Waals surface area contributed by atoms with Gasteiger partial charge in [0.25, 0.3) is 0 Å². The van der Waals surface area contributed by atoms with Gasteiger partial charge in [0.15, 0.2) is 5.78 Å². The summed E-state index contributed by atoms with van der Waals surface area (Å²) in [5.74, 6) is -0.247. The molecule has 48 heavy (non-hydrogen) atoms. The van der Waals surface area contributed by atoms with E-state index in [0.717, 1.165) is 53.9 Å². The fraction of sp³-hybridized carbons (Fsp3) is 0.474. The second-order valence-electron chi connectivity index (χ2n) is 15.3. The average molecular weight is 651 g/mol. The van der Waals surface area contributed by atoms with Crippen LogP contribution in [-0.2, 0) is 17.8 Å². The minimum Gasteiger partial charge on any atom is -0.393 e. The molecule has 3 saturated carbocycles. The number of carbonyl (C=O) groups excluding carboxylic acids is 1. The highest BCUT2D eigenvalue weighted by molar-refractivity contribution is 5.88. The molecule has 2 aromatic heterocycles. The Hall–Kier alpha value is -4.15. The maximum Gasteiger partial charge on any atom is 0.186 e. The van der Waals surface area contributed by atoms with Crippen LogP contribution in [0.2, 0.25) is 0 Å². The van der Waals surface area contributed by atoms with Gasteiger partial charge in [0, 0.05) is 30.8 Å². The highest BCUT2D eigenvalue weighted by atomic mass is 19.1. The van der Waals surface area contributed by atoms with Crippen LogP contribution in [0.4, 0.5) is 10.1 Å². The molecule has 0 amide bonds. The second kappa shape index (κ2) is 10.9. The third-order valence-electron chi connectivity index (χ3n) is 12.6. The summed E-state index contributed by atoms with van der Waals surface area (Å²) in [5.41, 5.74) is 4.35.